The van der Waals surface area contributed by atoms with Gasteiger partial charge < -0.3 is 19.4 Å². The first kappa shape index (κ1) is 19.7. The van der Waals surface area contributed by atoms with Crippen LogP contribution in [0.1, 0.15) is 36.1 Å². The van der Waals surface area contributed by atoms with Crippen molar-refractivity contribution < 1.29 is 4.79 Å². The molecule has 1 aliphatic heterocycles. The number of hydrogen-bond acceptors (Lipinski definition) is 5. The number of nitrogens with one attached hydrogen (secondary N) is 1. The topological polar surface area (TPSA) is 82.9 Å². The highest BCUT2D eigenvalue weighted by Gasteiger charge is 2.22. The van der Waals surface area contributed by atoms with Gasteiger partial charge in [0, 0.05) is 67.3 Å². The van der Waals surface area contributed by atoms with Crippen LogP contribution in [0, 0.1) is 6.92 Å². The van der Waals surface area contributed by atoms with E-state index in [2.05, 4.69) is 56.4 Å². The first-order valence-electron chi connectivity index (χ1n) is 10.7. The molecule has 0 atom stereocenters. The fourth-order valence-corrected chi connectivity index (χ4v) is 4.44. The summed E-state index contributed by atoms with van der Waals surface area (Å²) in [4.78, 5) is 34.1. The molecule has 8 heteroatoms. The molecule has 0 aromatic carbocycles. The summed E-state index contributed by atoms with van der Waals surface area (Å²) >= 11 is 0. The highest BCUT2D eigenvalue weighted by molar-refractivity contribution is 6.01. The predicted molar refractivity (Wildman–Crippen MR) is 121 cm³/mol. The first-order chi connectivity index (χ1) is 14.9. The summed E-state index contributed by atoms with van der Waals surface area (Å²) in [5, 5.41) is 0.925. The highest BCUT2D eigenvalue weighted by atomic mass is 16.2. The number of likely N-dealkylation sites (N-methyl/N-ethyl adjacent to an activating group) is 1. The zero-order chi connectivity index (χ0) is 21.7. The van der Waals surface area contributed by atoms with E-state index >= 15 is 0 Å². The number of fused-ring (bicyclic) bond motifs is 2. The standard InChI is InChI=1S/C23H27N7O/c1-14(2)30-15(3)27-22-20(30)10-16(11-25-22)19-13-26-21-18(19)9-17(12-24-21)23(31)29-7-5-28(4)6-8-29/h9-14H,5-8H2,1-4H3,(H,24,26). The van der Waals surface area contributed by atoms with E-state index in [0.29, 0.717) is 11.6 Å². The summed E-state index contributed by atoms with van der Waals surface area (Å²) in [5.74, 6) is 0.993. The van der Waals surface area contributed by atoms with Crippen LogP contribution in [0.15, 0.2) is 30.7 Å². The minimum Gasteiger partial charge on any atom is -0.346 e. The number of aromatic nitrogens is 5. The molecule has 5 heterocycles. The molecule has 1 N–H and O–H groups in total. The summed E-state index contributed by atoms with van der Waals surface area (Å²) in [6.45, 7) is 9.57. The Morgan fingerprint density at radius 3 is 2.61 bits per heavy atom. The Balaban J connectivity index is 1.56. The molecule has 0 unspecified atom stereocenters. The molecule has 4 aromatic heterocycles. The van der Waals surface area contributed by atoms with Crippen molar-refractivity contribution in [3.05, 3.63) is 42.1 Å². The van der Waals surface area contributed by atoms with Crippen LogP contribution in [0.5, 0.6) is 0 Å². The molecule has 160 valence electrons. The van der Waals surface area contributed by atoms with Gasteiger partial charge in [-0.1, -0.05) is 0 Å². The van der Waals surface area contributed by atoms with Gasteiger partial charge >= 0.3 is 0 Å². The summed E-state index contributed by atoms with van der Waals surface area (Å²) in [5.41, 5.74) is 5.11. The van der Waals surface area contributed by atoms with Crippen molar-refractivity contribution in [2.45, 2.75) is 26.8 Å². The van der Waals surface area contributed by atoms with Gasteiger partial charge in [-0.3, -0.25) is 4.79 Å². The van der Waals surface area contributed by atoms with E-state index in [-0.39, 0.29) is 5.91 Å². The number of aryl methyl sites for hydroxylation is 1. The maximum atomic E-state index is 13.1. The van der Waals surface area contributed by atoms with E-state index in [0.717, 1.165) is 65.3 Å². The minimum atomic E-state index is 0.0386. The van der Waals surface area contributed by atoms with Crippen molar-refractivity contribution in [2.24, 2.45) is 0 Å². The molecule has 1 amide bonds. The van der Waals surface area contributed by atoms with Crippen LogP contribution < -0.4 is 0 Å². The molecule has 4 aromatic rings. The lowest BCUT2D eigenvalue weighted by Gasteiger charge is -2.32. The van der Waals surface area contributed by atoms with Crippen molar-refractivity contribution in [2.75, 3.05) is 33.2 Å². The van der Waals surface area contributed by atoms with Gasteiger partial charge in [0.05, 0.1) is 11.1 Å². The number of amides is 1. The first-order valence-corrected chi connectivity index (χ1v) is 10.7. The average Bonchev–Trinajstić information content (AvgIpc) is 3.32. The van der Waals surface area contributed by atoms with Crippen molar-refractivity contribution in [3.63, 3.8) is 0 Å². The van der Waals surface area contributed by atoms with Crippen molar-refractivity contribution >= 4 is 28.1 Å². The molecular formula is C23H27N7O. The third-order valence-corrected chi connectivity index (χ3v) is 6.12. The van der Waals surface area contributed by atoms with E-state index in [4.69, 9.17) is 0 Å². The van der Waals surface area contributed by atoms with Crippen LogP contribution in [0.25, 0.3) is 33.3 Å². The number of carbonyl (C=O) groups excluding carboxylic acids is 1. The molecule has 1 aliphatic rings. The van der Waals surface area contributed by atoms with Crippen LogP contribution >= 0.6 is 0 Å². The number of hydrogen-bond donors (Lipinski definition) is 1. The maximum Gasteiger partial charge on any atom is 0.255 e. The number of aromatic amines is 1. The molecule has 0 spiro atoms. The summed E-state index contributed by atoms with van der Waals surface area (Å²) in [7, 11) is 2.08. The Morgan fingerprint density at radius 2 is 1.87 bits per heavy atom. The van der Waals surface area contributed by atoms with E-state index in [9.17, 15) is 4.79 Å². The SMILES string of the molecule is Cc1nc2ncc(-c3c[nH]c4ncc(C(=O)N5CCN(C)CC5)cc34)cc2n1C(C)C. The Morgan fingerprint density at radius 1 is 1.10 bits per heavy atom. The minimum absolute atomic E-state index is 0.0386. The third-order valence-electron chi connectivity index (χ3n) is 6.12. The largest absolute Gasteiger partial charge is 0.346 e. The van der Waals surface area contributed by atoms with E-state index in [1.54, 1.807) is 6.20 Å². The summed E-state index contributed by atoms with van der Waals surface area (Å²) in [6, 6.07) is 4.36. The van der Waals surface area contributed by atoms with Gasteiger partial charge in [0.25, 0.3) is 5.91 Å². The molecular weight excluding hydrogens is 390 g/mol. The fraction of sp³-hybridized carbons (Fsp3) is 0.391. The van der Waals surface area contributed by atoms with Crippen LogP contribution in [-0.2, 0) is 0 Å². The van der Waals surface area contributed by atoms with E-state index < -0.39 is 0 Å². The zero-order valence-electron chi connectivity index (χ0n) is 18.4. The Labute approximate surface area is 180 Å². The Bertz CT molecular complexity index is 1280. The second-order valence-electron chi connectivity index (χ2n) is 8.61. The van der Waals surface area contributed by atoms with Gasteiger partial charge in [-0.2, -0.15) is 0 Å². The smallest absolute Gasteiger partial charge is 0.255 e. The van der Waals surface area contributed by atoms with Crippen LogP contribution in [0.4, 0.5) is 0 Å². The molecule has 31 heavy (non-hydrogen) atoms. The summed E-state index contributed by atoms with van der Waals surface area (Å²) < 4.78 is 2.20. The quantitative estimate of drug-likeness (QED) is 0.553. The number of imidazole rings is 1. The Kier molecular flexibility index (Phi) is 4.74. The average molecular weight is 418 g/mol. The normalized spacial score (nSPS) is 15.5. The van der Waals surface area contributed by atoms with Crippen molar-refractivity contribution in [1.82, 2.24) is 34.3 Å². The molecule has 8 nitrogen and oxygen atoms in total. The lowest BCUT2D eigenvalue weighted by Crippen LogP contribution is -2.47. The number of piperazine rings is 1. The number of H-pyrrole nitrogens is 1. The molecule has 0 radical (unpaired) electrons. The molecule has 1 saturated heterocycles. The van der Waals surface area contributed by atoms with E-state index in [1.807, 2.05) is 30.3 Å². The maximum absolute atomic E-state index is 13.1. The van der Waals surface area contributed by atoms with E-state index in [1.165, 1.54) is 0 Å². The van der Waals surface area contributed by atoms with Gasteiger partial charge in [-0.15, -0.1) is 0 Å². The lowest BCUT2D eigenvalue weighted by atomic mass is 10.1. The van der Waals surface area contributed by atoms with Crippen molar-refractivity contribution in [1.29, 1.82) is 0 Å². The molecule has 1 fully saturated rings. The lowest BCUT2D eigenvalue weighted by molar-refractivity contribution is 0.0664. The molecule has 0 bridgehead atoms. The predicted octanol–water partition coefficient (Wildman–Crippen LogP) is 3.25. The zero-order valence-corrected chi connectivity index (χ0v) is 18.4. The van der Waals surface area contributed by atoms with Crippen LogP contribution in [-0.4, -0.2) is 73.4 Å². The van der Waals surface area contributed by atoms with Gasteiger partial charge in [0.15, 0.2) is 5.65 Å². The number of pyridine rings is 2. The molecule has 5 rings (SSSR count). The number of carbonyl (C=O) groups is 1. The second kappa shape index (κ2) is 7.46. The third kappa shape index (κ3) is 3.37. The van der Waals surface area contributed by atoms with Crippen molar-refractivity contribution in [3.8, 4) is 11.1 Å². The van der Waals surface area contributed by atoms with Crippen LogP contribution in [0.2, 0.25) is 0 Å². The number of nitrogens with zero attached hydrogens (tertiary/aromatic N) is 6. The van der Waals surface area contributed by atoms with Gasteiger partial charge in [0.1, 0.15) is 11.5 Å². The fourth-order valence-electron chi connectivity index (χ4n) is 4.44. The van der Waals surface area contributed by atoms with Gasteiger partial charge in [0.2, 0.25) is 0 Å². The molecule has 0 saturated carbocycles. The Hall–Kier alpha value is -3.26. The van der Waals surface area contributed by atoms with Crippen LogP contribution in [0.3, 0.4) is 0 Å². The highest BCUT2D eigenvalue weighted by Crippen LogP contribution is 2.31. The molecule has 0 aliphatic carbocycles. The summed E-state index contributed by atoms with van der Waals surface area (Å²) in [6.07, 6.45) is 5.45. The second-order valence-corrected chi connectivity index (χ2v) is 8.61. The monoisotopic (exact) mass is 417 g/mol. The van der Waals surface area contributed by atoms with Gasteiger partial charge in [-0.25, -0.2) is 15.0 Å². The number of rotatable bonds is 3. The van der Waals surface area contributed by atoms with Gasteiger partial charge in [-0.05, 0) is 40.0 Å².